The first-order valence-electron chi connectivity index (χ1n) is 7.77. The fourth-order valence-electron chi connectivity index (χ4n) is 3.26. The Labute approximate surface area is 147 Å². The molecule has 0 saturated carbocycles. The number of nitrogens with one attached hydrogen (secondary N) is 1. The summed E-state index contributed by atoms with van der Waals surface area (Å²) in [7, 11) is 2.01. The highest BCUT2D eigenvalue weighted by atomic mass is 35.5. The molecular formula is C16H21ClN6O. The lowest BCUT2D eigenvalue weighted by Gasteiger charge is -2.42. The van der Waals surface area contributed by atoms with Crippen LogP contribution in [0.15, 0.2) is 18.6 Å². The van der Waals surface area contributed by atoms with Gasteiger partial charge < -0.3 is 14.8 Å². The number of amides is 1. The molecule has 1 aliphatic rings. The first kappa shape index (κ1) is 18.0. The predicted molar refractivity (Wildman–Crippen MR) is 93.9 cm³/mol. The molecule has 0 bridgehead atoms. The van der Waals surface area contributed by atoms with Crippen LogP contribution in [0.25, 0.3) is 11.0 Å². The summed E-state index contributed by atoms with van der Waals surface area (Å²) in [5.41, 5.74) is 0.808. The first-order valence-corrected chi connectivity index (χ1v) is 7.77. The molecule has 8 heteroatoms. The molecule has 1 amide bonds. The van der Waals surface area contributed by atoms with E-state index in [4.69, 9.17) is 5.26 Å². The van der Waals surface area contributed by atoms with Crippen molar-refractivity contribution < 1.29 is 4.79 Å². The molecule has 3 heterocycles. The summed E-state index contributed by atoms with van der Waals surface area (Å²) in [6.45, 7) is 3.53. The molecule has 7 nitrogen and oxygen atoms in total. The molecule has 1 saturated heterocycles. The second kappa shape index (κ2) is 7.49. The lowest BCUT2D eigenvalue weighted by Crippen LogP contribution is -2.52. The molecular weight excluding hydrogens is 328 g/mol. The Bertz CT molecular complexity index is 754. The molecule has 0 spiro atoms. The lowest BCUT2D eigenvalue weighted by atomic mass is 9.92. The van der Waals surface area contributed by atoms with Crippen LogP contribution < -0.4 is 4.90 Å². The van der Waals surface area contributed by atoms with Crippen LogP contribution in [0.1, 0.15) is 19.8 Å². The van der Waals surface area contributed by atoms with Gasteiger partial charge in [0.25, 0.3) is 0 Å². The normalized spacial score (nSPS) is 20.3. The van der Waals surface area contributed by atoms with Gasteiger partial charge in [-0.3, -0.25) is 4.79 Å². The van der Waals surface area contributed by atoms with Crippen LogP contribution in [-0.2, 0) is 4.79 Å². The monoisotopic (exact) mass is 348 g/mol. The molecule has 1 aliphatic heterocycles. The minimum absolute atomic E-state index is 0. The van der Waals surface area contributed by atoms with Gasteiger partial charge in [0.05, 0.1) is 17.5 Å². The molecule has 128 valence electrons. The zero-order valence-electron chi connectivity index (χ0n) is 13.8. The number of nitriles is 1. The fraction of sp³-hybridized carbons (Fsp3) is 0.500. The Morgan fingerprint density at radius 3 is 3.08 bits per heavy atom. The van der Waals surface area contributed by atoms with E-state index in [1.165, 1.54) is 0 Å². The van der Waals surface area contributed by atoms with Crippen molar-refractivity contribution in [3.63, 3.8) is 0 Å². The van der Waals surface area contributed by atoms with Crippen LogP contribution >= 0.6 is 12.4 Å². The Balaban J connectivity index is 0.00000208. The molecule has 0 radical (unpaired) electrons. The van der Waals surface area contributed by atoms with Crippen LogP contribution in [0, 0.1) is 17.2 Å². The zero-order chi connectivity index (χ0) is 16.4. The number of nitrogens with zero attached hydrogens (tertiary/aromatic N) is 5. The largest absolute Gasteiger partial charge is 0.354 e. The van der Waals surface area contributed by atoms with E-state index in [-0.39, 0.29) is 30.8 Å². The van der Waals surface area contributed by atoms with E-state index in [0.29, 0.717) is 12.5 Å². The van der Waals surface area contributed by atoms with Crippen molar-refractivity contribution in [1.82, 2.24) is 19.9 Å². The van der Waals surface area contributed by atoms with Crippen molar-refractivity contribution in [3.05, 3.63) is 18.6 Å². The van der Waals surface area contributed by atoms with E-state index in [1.807, 2.05) is 25.4 Å². The third-order valence-electron chi connectivity index (χ3n) is 4.67. The number of fused-ring (bicyclic) bond motifs is 1. The minimum atomic E-state index is -0.0905. The molecule has 2 aromatic heterocycles. The van der Waals surface area contributed by atoms with Gasteiger partial charge in [-0.15, -0.1) is 12.4 Å². The number of likely N-dealkylation sites (tertiary alicyclic amines) is 1. The first-order chi connectivity index (χ1) is 11.1. The van der Waals surface area contributed by atoms with Gasteiger partial charge in [-0.1, -0.05) is 6.92 Å². The van der Waals surface area contributed by atoms with Gasteiger partial charge >= 0.3 is 0 Å². The Kier molecular flexibility index (Phi) is 5.62. The van der Waals surface area contributed by atoms with E-state index in [1.54, 1.807) is 11.2 Å². The molecule has 1 N–H and O–H groups in total. The standard InChI is InChI=1S/C16H20N6O.ClH/c1-11-5-8-22(14(23)3-6-17)9-13(11)21(2)16-12-4-7-18-15(12)19-10-20-16;/h4,7,10-11,13H,3,5,8-9H2,1-2H3,(H,18,19,20);1H/t11-,13+;/m1./s1. The summed E-state index contributed by atoms with van der Waals surface area (Å²) >= 11 is 0. The van der Waals surface area contributed by atoms with Gasteiger partial charge in [0.2, 0.25) is 5.91 Å². The molecule has 0 aromatic carbocycles. The van der Waals surface area contributed by atoms with Crippen LogP contribution in [0.3, 0.4) is 0 Å². The molecule has 1 fully saturated rings. The van der Waals surface area contributed by atoms with Crippen LogP contribution in [0.4, 0.5) is 5.82 Å². The number of piperidine rings is 1. The maximum Gasteiger partial charge on any atom is 0.236 e. The molecule has 3 rings (SSSR count). The van der Waals surface area contributed by atoms with E-state index in [2.05, 4.69) is 26.8 Å². The van der Waals surface area contributed by atoms with E-state index < -0.39 is 0 Å². The Morgan fingerprint density at radius 1 is 1.54 bits per heavy atom. The number of aromatic nitrogens is 3. The summed E-state index contributed by atoms with van der Waals surface area (Å²) in [6, 6.07) is 4.07. The number of hydrogen-bond acceptors (Lipinski definition) is 5. The van der Waals surface area contributed by atoms with Crippen LogP contribution in [0.5, 0.6) is 0 Å². The van der Waals surface area contributed by atoms with Crippen molar-refractivity contribution in [1.29, 1.82) is 5.26 Å². The molecule has 2 atom stereocenters. The second-order valence-electron chi connectivity index (χ2n) is 6.06. The summed E-state index contributed by atoms with van der Waals surface area (Å²) < 4.78 is 0. The number of H-pyrrole nitrogens is 1. The minimum Gasteiger partial charge on any atom is -0.354 e. The summed E-state index contributed by atoms with van der Waals surface area (Å²) in [6.07, 6.45) is 4.27. The average Bonchev–Trinajstić information content (AvgIpc) is 3.03. The number of halogens is 1. The highest BCUT2D eigenvalue weighted by Gasteiger charge is 2.32. The number of aromatic amines is 1. The topological polar surface area (TPSA) is 88.9 Å². The highest BCUT2D eigenvalue weighted by molar-refractivity contribution is 5.87. The second-order valence-corrected chi connectivity index (χ2v) is 6.06. The maximum absolute atomic E-state index is 12.0. The SMILES string of the molecule is C[C@@H]1CCN(C(=O)CC#N)C[C@@H]1N(C)c1ncnc2[nH]ccc12.Cl. The number of carbonyl (C=O) groups is 1. The van der Waals surface area contributed by atoms with E-state index in [0.717, 1.165) is 29.8 Å². The summed E-state index contributed by atoms with van der Waals surface area (Å²) in [5.74, 6) is 1.21. The van der Waals surface area contributed by atoms with Gasteiger partial charge in [0, 0.05) is 26.3 Å². The number of likely N-dealkylation sites (N-methyl/N-ethyl adjacent to an activating group) is 1. The van der Waals surface area contributed by atoms with Gasteiger partial charge in [-0.25, -0.2) is 9.97 Å². The zero-order valence-corrected chi connectivity index (χ0v) is 14.6. The quantitative estimate of drug-likeness (QED) is 0.916. The van der Waals surface area contributed by atoms with E-state index >= 15 is 0 Å². The number of carbonyl (C=O) groups excluding carboxylic acids is 1. The van der Waals surface area contributed by atoms with Crippen molar-refractivity contribution in [2.45, 2.75) is 25.8 Å². The van der Waals surface area contributed by atoms with Gasteiger partial charge in [0.15, 0.2) is 0 Å². The van der Waals surface area contributed by atoms with Gasteiger partial charge in [-0.05, 0) is 18.4 Å². The molecule has 24 heavy (non-hydrogen) atoms. The van der Waals surface area contributed by atoms with Gasteiger partial charge in [-0.2, -0.15) is 5.26 Å². The van der Waals surface area contributed by atoms with Crippen LogP contribution in [-0.4, -0.2) is 51.9 Å². The third-order valence-corrected chi connectivity index (χ3v) is 4.67. The number of hydrogen-bond donors (Lipinski definition) is 1. The highest BCUT2D eigenvalue weighted by Crippen LogP contribution is 2.28. The Morgan fingerprint density at radius 2 is 2.33 bits per heavy atom. The number of anilines is 1. The van der Waals surface area contributed by atoms with Crippen molar-refractivity contribution in [2.24, 2.45) is 5.92 Å². The van der Waals surface area contributed by atoms with Crippen molar-refractivity contribution >= 4 is 35.2 Å². The summed E-state index contributed by atoms with van der Waals surface area (Å²) in [4.78, 5) is 27.7. The number of rotatable bonds is 3. The molecule has 0 unspecified atom stereocenters. The smallest absolute Gasteiger partial charge is 0.236 e. The van der Waals surface area contributed by atoms with Crippen molar-refractivity contribution in [3.8, 4) is 6.07 Å². The summed E-state index contributed by atoms with van der Waals surface area (Å²) in [5, 5.41) is 9.71. The molecule has 2 aromatic rings. The lowest BCUT2D eigenvalue weighted by molar-refractivity contribution is -0.131. The van der Waals surface area contributed by atoms with Gasteiger partial charge in [0.1, 0.15) is 24.2 Å². The van der Waals surface area contributed by atoms with Crippen LogP contribution in [0.2, 0.25) is 0 Å². The Hall–Kier alpha value is -2.33. The van der Waals surface area contributed by atoms with Crippen molar-refractivity contribution in [2.75, 3.05) is 25.0 Å². The average molecular weight is 349 g/mol. The maximum atomic E-state index is 12.0. The third kappa shape index (κ3) is 3.29. The fourth-order valence-corrected chi connectivity index (χ4v) is 3.26. The van der Waals surface area contributed by atoms with E-state index in [9.17, 15) is 4.79 Å². The predicted octanol–water partition coefficient (Wildman–Crippen LogP) is 1.97. The molecule has 0 aliphatic carbocycles.